The summed E-state index contributed by atoms with van der Waals surface area (Å²) in [4.78, 5) is 35.6. The minimum Gasteiger partial charge on any atom is -0.453 e. The van der Waals surface area contributed by atoms with E-state index in [4.69, 9.17) is 11.6 Å². The number of hydrogen-bond donors (Lipinski definition) is 3. The van der Waals surface area contributed by atoms with Gasteiger partial charge in [-0.3, -0.25) is 4.79 Å². The number of pyridine rings is 1. The van der Waals surface area contributed by atoms with Gasteiger partial charge in [0.1, 0.15) is 5.65 Å². The lowest BCUT2D eigenvalue weighted by molar-refractivity contribution is 0.162. The predicted octanol–water partition coefficient (Wildman–Crippen LogP) is 3.72. The predicted molar refractivity (Wildman–Crippen MR) is 116 cm³/mol. The van der Waals surface area contributed by atoms with E-state index in [0.717, 1.165) is 31.1 Å². The third kappa shape index (κ3) is 4.38. The van der Waals surface area contributed by atoms with Gasteiger partial charge >= 0.3 is 6.09 Å². The molecule has 9 heteroatoms. The van der Waals surface area contributed by atoms with Crippen LogP contribution in [0.5, 0.6) is 0 Å². The fourth-order valence-corrected chi connectivity index (χ4v) is 3.97. The van der Waals surface area contributed by atoms with Gasteiger partial charge in [0.2, 0.25) is 5.95 Å². The maximum absolute atomic E-state index is 12.6. The van der Waals surface area contributed by atoms with Gasteiger partial charge < -0.3 is 20.4 Å². The number of aromatic amines is 1. The van der Waals surface area contributed by atoms with E-state index in [9.17, 15) is 9.59 Å². The number of carbonyl (C=O) groups is 1. The number of hydrogen-bond acceptors (Lipinski definition) is 6. The number of carbonyl (C=O) groups excluding carboxylic acids is 1. The zero-order chi connectivity index (χ0) is 21.1. The first-order valence-corrected chi connectivity index (χ1v) is 10.2. The number of halogens is 1. The second kappa shape index (κ2) is 8.71. The van der Waals surface area contributed by atoms with Crippen molar-refractivity contribution >= 4 is 34.7 Å². The van der Waals surface area contributed by atoms with Gasteiger partial charge in [0.15, 0.2) is 0 Å². The highest BCUT2D eigenvalue weighted by Crippen LogP contribution is 2.27. The van der Waals surface area contributed by atoms with Crippen molar-refractivity contribution in [2.45, 2.75) is 37.8 Å². The van der Waals surface area contributed by atoms with Crippen LogP contribution >= 0.6 is 11.6 Å². The van der Waals surface area contributed by atoms with Crippen LogP contribution in [0.2, 0.25) is 5.02 Å². The van der Waals surface area contributed by atoms with Crippen molar-refractivity contribution in [2.75, 3.05) is 12.4 Å². The molecule has 0 spiro atoms. The Kier molecular flexibility index (Phi) is 5.85. The van der Waals surface area contributed by atoms with Gasteiger partial charge in [-0.05, 0) is 37.8 Å². The summed E-state index contributed by atoms with van der Waals surface area (Å²) in [6.07, 6.45) is 4.72. The number of aromatic nitrogens is 3. The molecule has 1 aliphatic carbocycles. The molecule has 1 amide bonds. The molecule has 1 aliphatic rings. The van der Waals surface area contributed by atoms with Crippen molar-refractivity contribution in [1.82, 2.24) is 20.3 Å². The summed E-state index contributed by atoms with van der Waals surface area (Å²) in [5.74, 6) is 0.466. The van der Waals surface area contributed by atoms with Crippen LogP contribution < -0.4 is 16.2 Å². The minimum atomic E-state index is -0.399. The summed E-state index contributed by atoms with van der Waals surface area (Å²) < 4.78 is 4.65. The quantitative estimate of drug-likeness (QED) is 0.585. The first-order chi connectivity index (χ1) is 14.5. The molecular weight excluding hydrogens is 406 g/mol. The Morgan fingerprint density at radius 1 is 1.17 bits per heavy atom. The molecular formula is C21H22ClN5O3. The van der Waals surface area contributed by atoms with E-state index in [2.05, 4.69) is 30.3 Å². The normalized spacial score (nSPS) is 18.7. The summed E-state index contributed by atoms with van der Waals surface area (Å²) in [6.45, 7) is 0. The van der Waals surface area contributed by atoms with Crippen LogP contribution in [0.4, 0.5) is 10.7 Å². The number of nitrogens with zero attached hydrogens (tertiary/aromatic N) is 2. The number of amides is 1. The third-order valence-corrected chi connectivity index (χ3v) is 5.65. The molecule has 8 nitrogen and oxygen atoms in total. The van der Waals surface area contributed by atoms with Gasteiger partial charge in [0, 0.05) is 39.8 Å². The zero-order valence-electron chi connectivity index (χ0n) is 16.4. The van der Waals surface area contributed by atoms with Crippen molar-refractivity contribution in [3.8, 4) is 11.1 Å². The standard InChI is InChI=1S/C21H22ClN5O3/c1-30-21(29)25-14-8-6-13(7-9-14)24-20-23-11-12-10-16(19(28)26-18(12)27-20)15-4-2-3-5-17(15)22/h2-5,10-11,13-14H,6-9H2,1H3,(H,25,29)(H2,23,24,26,27,28)/t13-,14-. The molecule has 0 unspecified atom stereocenters. The molecule has 0 saturated heterocycles. The van der Waals surface area contributed by atoms with E-state index in [1.165, 1.54) is 7.11 Å². The lowest BCUT2D eigenvalue weighted by Gasteiger charge is -2.29. The maximum atomic E-state index is 12.6. The smallest absolute Gasteiger partial charge is 0.407 e. The number of ether oxygens (including phenoxy) is 1. The summed E-state index contributed by atoms with van der Waals surface area (Å²) in [7, 11) is 1.36. The molecule has 2 heterocycles. The van der Waals surface area contributed by atoms with Gasteiger partial charge in [0.05, 0.1) is 7.11 Å². The molecule has 0 bridgehead atoms. The first kappa shape index (κ1) is 20.2. The monoisotopic (exact) mass is 427 g/mol. The number of benzene rings is 1. The van der Waals surface area contributed by atoms with Crippen molar-refractivity contribution in [3.05, 3.63) is 51.9 Å². The average molecular weight is 428 g/mol. The Hall–Kier alpha value is -3.13. The Morgan fingerprint density at radius 2 is 1.90 bits per heavy atom. The third-order valence-electron chi connectivity index (χ3n) is 5.33. The summed E-state index contributed by atoms with van der Waals surface area (Å²) >= 11 is 6.24. The zero-order valence-corrected chi connectivity index (χ0v) is 17.2. The van der Waals surface area contributed by atoms with E-state index >= 15 is 0 Å². The van der Waals surface area contributed by atoms with Crippen LogP contribution in [0.1, 0.15) is 25.7 Å². The molecule has 4 rings (SSSR count). The molecule has 1 aromatic carbocycles. The topological polar surface area (TPSA) is 109 Å². The largest absolute Gasteiger partial charge is 0.453 e. The highest BCUT2D eigenvalue weighted by Gasteiger charge is 2.23. The summed E-state index contributed by atoms with van der Waals surface area (Å²) in [6, 6.07) is 9.29. The van der Waals surface area contributed by atoms with Crippen LogP contribution in [-0.4, -0.2) is 40.2 Å². The molecule has 156 valence electrons. The highest BCUT2D eigenvalue weighted by atomic mass is 35.5. The maximum Gasteiger partial charge on any atom is 0.407 e. The molecule has 2 aromatic heterocycles. The molecule has 1 saturated carbocycles. The number of methoxy groups -OCH3 is 1. The van der Waals surface area contributed by atoms with Gasteiger partial charge in [-0.1, -0.05) is 29.8 Å². The summed E-state index contributed by atoms with van der Waals surface area (Å²) in [5.41, 5.74) is 1.36. The van der Waals surface area contributed by atoms with Crippen LogP contribution in [0.25, 0.3) is 22.2 Å². The number of fused-ring (bicyclic) bond motifs is 1. The van der Waals surface area contributed by atoms with Gasteiger partial charge in [-0.25, -0.2) is 9.78 Å². The van der Waals surface area contributed by atoms with Crippen LogP contribution in [0.3, 0.4) is 0 Å². The number of alkyl carbamates (subject to hydrolysis) is 1. The van der Waals surface area contributed by atoms with E-state index < -0.39 is 6.09 Å². The SMILES string of the molecule is COC(=O)N[C@H]1CC[C@H](Nc2ncc3cc(-c4ccccc4Cl)c(=O)[nH]c3n2)CC1. The number of H-pyrrole nitrogens is 1. The van der Waals surface area contributed by atoms with Gasteiger partial charge in [-0.2, -0.15) is 4.98 Å². The van der Waals surface area contributed by atoms with E-state index in [0.29, 0.717) is 27.7 Å². The van der Waals surface area contributed by atoms with Crippen LogP contribution in [0.15, 0.2) is 41.3 Å². The van der Waals surface area contributed by atoms with E-state index in [-0.39, 0.29) is 17.6 Å². The molecule has 0 radical (unpaired) electrons. The van der Waals surface area contributed by atoms with E-state index in [1.807, 2.05) is 12.1 Å². The Morgan fingerprint density at radius 3 is 2.63 bits per heavy atom. The van der Waals surface area contributed by atoms with Crippen LogP contribution in [0, 0.1) is 0 Å². The second-order valence-electron chi connectivity index (χ2n) is 7.32. The number of anilines is 1. The fourth-order valence-electron chi connectivity index (χ4n) is 3.73. The van der Waals surface area contributed by atoms with Crippen molar-refractivity contribution in [2.24, 2.45) is 0 Å². The lowest BCUT2D eigenvalue weighted by atomic mass is 9.91. The molecule has 0 aliphatic heterocycles. The number of rotatable bonds is 4. The Bertz CT molecular complexity index is 1130. The van der Waals surface area contributed by atoms with Crippen LogP contribution in [-0.2, 0) is 4.74 Å². The van der Waals surface area contributed by atoms with Gasteiger partial charge in [0.25, 0.3) is 5.56 Å². The van der Waals surface area contributed by atoms with Crippen molar-refractivity contribution in [1.29, 1.82) is 0 Å². The average Bonchev–Trinajstić information content (AvgIpc) is 2.75. The van der Waals surface area contributed by atoms with E-state index in [1.54, 1.807) is 24.4 Å². The highest BCUT2D eigenvalue weighted by molar-refractivity contribution is 6.33. The molecule has 3 aromatic rings. The Labute approximate surface area is 178 Å². The molecule has 3 N–H and O–H groups in total. The molecule has 30 heavy (non-hydrogen) atoms. The van der Waals surface area contributed by atoms with Crippen molar-refractivity contribution < 1.29 is 9.53 Å². The Balaban J connectivity index is 1.48. The lowest BCUT2D eigenvalue weighted by Crippen LogP contribution is -2.40. The van der Waals surface area contributed by atoms with Gasteiger partial charge in [-0.15, -0.1) is 0 Å². The van der Waals surface area contributed by atoms with Crippen molar-refractivity contribution in [3.63, 3.8) is 0 Å². The minimum absolute atomic E-state index is 0.118. The number of nitrogens with one attached hydrogen (secondary N) is 3. The second-order valence-corrected chi connectivity index (χ2v) is 7.73. The molecule has 1 fully saturated rings. The first-order valence-electron chi connectivity index (χ1n) is 9.79. The fraction of sp³-hybridized carbons (Fsp3) is 0.333. The summed E-state index contributed by atoms with van der Waals surface area (Å²) in [5, 5.41) is 7.40. The molecule has 0 atom stereocenters.